The lowest BCUT2D eigenvalue weighted by Gasteiger charge is -2.21. The van der Waals surface area contributed by atoms with E-state index in [1.165, 1.54) is 21.9 Å². The van der Waals surface area contributed by atoms with E-state index < -0.39 is 0 Å². The van der Waals surface area contributed by atoms with Crippen LogP contribution < -0.4 is 11.5 Å². The normalized spacial score (nSPS) is 14.7. The van der Waals surface area contributed by atoms with Crippen molar-refractivity contribution in [2.45, 2.75) is 38.8 Å². The first-order valence-corrected chi connectivity index (χ1v) is 6.71. The van der Waals surface area contributed by atoms with E-state index in [2.05, 4.69) is 50.2 Å². The molecule has 2 atom stereocenters. The summed E-state index contributed by atoms with van der Waals surface area (Å²) >= 11 is 0. The summed E-state index contributed by atoms with van der Waals surface area (Å²) in [5.74, 6) is 0. The minimum Gasteiger partial charge on any atom is -0.324 e. The molecule has 0 spiro atoms. The number of nitrogens with two attached hydrogens (primary N) is 2. The summed E-state index contributed by atoms with van der Waals surface area (Å²) in [7, 11) is 0. The van der Waals surface area contributed by atoms with Crippen LogP contribution in [0.3, 0.4) is 0 Å². The Kier molecular flexibility index (Phi) is 4.00. The molecule has 2 aromatic rings. The molecule has 0 aliphatic heterocycles. The Hall–Kier alpha value is -1.38. The molecule has 2 heteroatoms. The van der Waals surface area contributed by atoms with Gasteiger partial charge in [-0.25, -0.2) is 0 Å². The monoisotopic (exact) mass is 242 g/mol. The van der Waals surface area contributed by atoms with E-state index in [9.17, 15) is 0 Å². The molecule has 0 saturated carbocycles. The zero-order valence-corrected chi connectivity index (χ0v) is 11.2. The van der Waals surface area contributed by atoms with Crippen molar-refractivity contribution in [3.05, 3.63) is 47.5 Å². The molecule has 96 valence electrons. The van der Waals surface area contributed by atoms with Crippen molar-refractivity contribution in [2.24, 2.45) is 11.5 Å². The maximum atomic E-state index is 6.30. The molecule has 0 amide bonds. The van der Waals surface area contributed by atoms with Gasteiger partial charge in [0.05, 0.1) is 0 Å². The highest BCUT2D eigenvalue weighted by atomic mass is 14.7. The van der Waals surface area contributed by atoms with Crippen LogP contribution >= 0.6 is 0 Å². The highest BCUT2D eigenvalue weighted by Crippen LogP contribution is 2.32. The Balaban J connectivity index is 2.70. The van der Waals surface area contributed by atoms with Gasteiger partial charge in [0.25, 0.3) is 0 Å². The van der Waals surface area contributed by atoms with Crippen molar-refractivity contribution in [3.8, 4) is 0 Å². The van der Waals surface area contributed by atoms with Gasteiger partial charge in [-0.15, -0.1) is 0 Å². The molecule has 2 rings (SSSR count). The van der Waals surface area contributed by atoms with E-state index in [-0.39, 0.29) is 12.1 Å². The maximum absolute atomic E-state index is 6.30. The van der Waals surface area contributed by atoms with Crippen molar-refractivity contribution in [2.75, 3.05) is 0 Å². The van der Waals surface area contributed by atoms with E-state index in [0.717, 1.165) is 12.8 Å². The highest BCUT2D eigenvalue weighted by molar-refractivity contribution is 5.87. The first kappa shape index (κ1) is 13.1. The van der Waals surface area contributed by atoms with Crippen LogP contribution in [0.4, 0.5) is 0 Å². The minimum absolute atomic E-state index is 0.0590. The van der Waals surface area contributed by atoms with Crippen LogP contribution in [0.25, 0.3) is 10.8 Å². The van der Waals surface area contributed by atoms with Crippen molar-refractivity contribution in [1.29, 1.82) is 0 Å². The highest BCUT2D eigenvalue weighted by Gasteiger charge is 2.16. The zero-order chi connectivity index (χ0) is 13.1. The van der Waals surface area contributed by atoms with Gasteiger partial charge in [0.15, 0.2) is 0 Å². The Bertz CT molecular complexity index is 534. The number of rotatable bonds is 4. The summed E-state index contributed by atoms with van der Waals surface area (Å²) in [6.07, 6.45) is 1.86. The third-order valence-corrected chi connectivity index (χ3v) is 3.65. The number of hydrogen-bond donors (Lipinski definition) is 2. The Labute approximate surface area is 109 Å². The largest absolute Gasteiger partial charge is 0.324 e. The third-order valence-electron chi connectivity index (χ3n) is 3.65. The van der Waals surface area contributed by atoms with Gasteiger partial charge >= 0.3 is 0 Å². The molecule has 2 aromatic carbocycles. The Morgan fingerprint density at radius 3 is 2.22 bits per heavy atom. The van der Waals surface area contributed by atoms with E-state index in [4.69, 9.17) is 11.5 Å². The SMILES string of the molecule is CCC(N)c1ccc2ccccc2c1C(N)CC. The average molecular weight is 242 g/mol. The second-order valence-corrected chi connectivity index (χ2v) is 4.82. The van der Waals surface area contributed by atoms with Crippen molar-refractivity contribution >= 4 is 10.8 Å². The van der Waals surface area contributed by atoms with Crippen LogP contribution in [0.5, 0.6) is 0 Å². The fourth-order valence-corrected chi connectivity index (χ4v) is 2.47. The topological polar surface area (TPSA) is 52.0 Å². The lowest BCUT2D eigenvalue weighted by molar-refractivity contribution is 0.648. The predicted octanol–water partition coefficient (Wildman–Crippen LogP) is 3.66. The molecular formula is C16H22N2. The van der Waals surface area contributed by atoms with Crippen LogP contribution in [-0.2, 0) is 0 Å². The fourth-order valence-electron chi connectivity index (χ4n) is 2.47. The van der Waals surface area contributed by atoms with Crippen LogP contribution in [-0.4, -0.2) is 0 Å². The van der Waals surface area contributed by atoms with Gasteiger partial charge in [0, 0.05) is 12.1 Å². The smallest absolute Gasteiger partial charge is 0.0301 e. The lowest BCUT2D eigenvalue weighted by Crippen LogP contribution is -2.17. The molecule has 2 unspecified atom stereocenters. The zero-order valence-electron chi connectivity index (χ0n) is 11.2. The molecule has 0 radical (unpaired) electrons. The summed E-state index contributed by atoms with van der Waals surface area (Å²) in [5, 5.41) is 2.48. The van der Waals surface area contributed by atoms with Gasteiger partial charge in [-0.05, 0) is 34.7 Å². The van der Waals surface area contributed by atoms with Crippen molar-refractivity contribution < 1.29 is 0 Å². The minimum atomic E-state index is 0.0590. The summed E-state index contributed by atoms with van der Waals surface area (Å²) in [4.78, 5) is 0. The van der Waals surface area contributed by atoms with Crippen LogP contribution in [0.1, 0.15) is 49.9 Å². The second kappa shape index (κ2) is 5.51. The molecule has 0 bridgehead atoms. The van der Waals surface area contributed by atoms with Crippen LogP contribution in [0.2, 0.25) is 0 Å². The number of fused-ring (bicyclic) bond motifs is 1. The summed E-state index contributed by atoms with van der Waals surface area (Å²) in [6, 6.07) is 12.8. The van der Waals surface area contributed by atoms with Gasteiger partial charge in [0.1, 0.15) is 0 Å². The fraction of sp³-hybridized carbons (Fsp3) is 0.375. The number of benzene rings is 2. The molecule has 0 heterocycles. The predicted molar refractivity (Wildman–Crippen MR) is 78.4 cm³/mol. The maximum Gasteiger partial charge on any atom is 0.0301 e. The molecular weight excluding hydrogens is 220 g/mol. The standard InChI is InChI=1S/C16H22N2/c1-3-14(17)13-10-9-11-7-5-6-8-12(11)16(13)15(18)4-2/h5-10,14-15H,3-4,17-18H2,1-2H3. The molecule has 2 nitrogen and oxygen atoms in total. The van der Waals surface area contributed by atoms with E-state index in [1.54, 1.807) is 0 Å². The van der Waals surface area contributed by atoms with Gasteiger partial charge < -0.3 is 11.5 Å². The summed E-state index contributed by atoms with van der Waals surface area (Å²) in [5.41, 5.74) is 14.9. The molecule has 4 N–H and O–H groups in total. The number of hydrogen-bond acceptors (Lipinski definition) is 2. The van der Waals surface area contributed by atoms with Gasteiger partial charge in [-0.3, -0.25) is 0 Å². The van der Waals surface area contributed by atoms with Crippen LogP contribution in [0.15, 0.2) is 36.4 Å². The summed E-state index contributed by atoms with van der Waals surface area (Å²) in [6.45, 7) is 4.23. The van der Waals surface area contributed by atoms with E-state index in [1.807, 2.05) is 0 Å². The molecule has 0 fully saturated rings. The van der Waals surface area contributed by atoms with Gasteiger partial charge in [0.2, 0.25) is 0 Å². The first-order chi connectivity index (χ1) is 8.69. The van der Waals surface area contributed by atoms with Crippen molar-refractivity contribution in [1.82, 2.24) is 0 Å². The quantitative estimate of drug-likeness (QED) is 0.859. The Morgan fingerprint density at radius 2 is 1.56 bits per heavy atom. The van der Waals surface area contributed by atoms with Gasteiger partial charge in [-0.1, -0.05) is 50.2 Å². The third kappa shape index (κ3) is 2.26. The molecule has 0 aliphatic rings. The van der Waals surface area contributed by atoms with Crippen molar-refractivity contribution in [3.63, 3.8) is 0 Å². The molecule has 18 heavy (non-hydrogen) atoms. The van der Waals surface area contributed by atoms with Crippen LogP contribution in [0, 0.1) is 0 Å². The molecule has 0 saturated heterocycles. The van der Waals surface area contributed by atoms with E-state index >= 15 is 0 Å². The molecule has 0 aromatic heterocycles. The lowest BCUT2D eigenvalue weighted by atomic mass is 9.89. The van der Waals surface area contributed by atoms with E-state index in [0.29, 0.717) is 0 Å². The average Bonchev–Trinajstić information content (AvgIpc) is 2.44. The second-order valence-electron chi connectivity index (χ2n) is 4.82. The summed E-state index contributed by atoms with van der Waals surface area (Å²) < 4.78 is 0. The Morgan fingerprint density at radius 1 is 0.889 bits per heavy atom. The molecule has 0 aliphatic carbocycles. The van der Waals surface area contributed by atoms with Gasteiger partial charge in [-0.2, -0.15) is 0 Å². The first-order valence-electron chi connectivity index (χ1n) is 6.71.